The number of rotatable bonds is 2. The van der Waals surface area contributed by atoms with E-state index in [-0.39, 0.29) is 5.41 Å². The van der Waals surface area contributed by atoms with Gasteiger partial charge in [-0.25, -0.2) is 0 Å². The number of aliphatic imine (C=N–C) groups is 1. The molecule has 68 valence electrons. The predicted octanol–water partition coefficient (Wildman–Crippen LogP) is 3.58. The van der Waals surface area contributed by atoms with Crippen molar-refractivity contribution in [2.75, 3.05) is 0 Å². The van der Waals surface area contributed by atoms with Gasteiger partial charge in [0.05, 0.1) is 0 Å². The largest absolute Gasteiger partial charge is 0.269 e. The molecule has 0 unspecified atom stereocenters. The molecule has 0 amide bonds. The quantitative estimate of drug-likeness (QED) is 0.438. The average Bonchev–Trinajstić information content (AvgIpc) is 1.84. The highest BCUT2D eigenvalue weighted by Gasteiger charge is 2.16. The summed E-state index contributed by atoms with van der Waals surface area (Å²) in [6.45, 7) is 14.4. The average molecular weight is 165 g/mol. The van der Waals surface area contributed by atoms with Crippen LogP contribution in [0.5, 0.6) is 0 Å². The first kappa shape index (κ1) is 11.2. The first-order chi connectivity index (χ1) is 5.39. The molecule has 0 aromatic carbocycles. The first-order valence-corrected chi connectivity index (χ1v) is 4.24. The van der Waals surface area contributed by atoms with Gasteiger partial charge in [-0.3, -0.25) is 4.99 Å². The molecule has 0 aliphatic carbocycles. The summed E-state index contributed by atoms with van der Waals surface area (Å²) >= 11 is 0. The molecule has 0 aliphatic rings. The zero-order valence-corrected chi connectivity index (χ0v) is 8.81. The topological polar surface area (TPSA) is 12.4 Å². The third kappa shape index (κ3) is 3.51. The first-order valence-electron chi connectivity index (χ1n) is 4.24. The summed E-state index contributed by atoms with van der Waals surface area (Å²) < 4.78 is 0. The van der Waals surface area contributed by atoms with E-state index in [1.54, 1.807) is 6.21 Å². The van der Waals surface area contributed by atoms with E-state index >= 15 is 0 Å². The van der Waals surface area contributed by atoms with Crippen LogP contribution in [0.15, 0.2) is 28.9 Å². The van der Waals surface area contributed by atoms with E-state index in [1.807, 2.05) is 20.0 Å². The fourth-order valence-corrected chi connectivity index (χ4v) is 1.09. The summed E-state index contributed by atoms with van der Waals surface area (Å²) in [5, 5.41) is 0. The minimum atomic E-state index is 0.137. The fraction of sp³-hybridized carbons (Fsp3) is 0.545. The van der Waals surface area contributed by atoms with Crippen LogP contribution >= 0.6 is 0 Å². The SMILES string of the molecule is C=C(C)/C(=C\N=CC)C(C)(C)C. The van der Waals surface area contributed by atoms with Crippen LogP contribution in [0.2, 0.25) is 0 Å². The van der Waals surface area contributed by atoms with Crippen molar-refractivity contribution in [3.05, 3.63) is 23.9 Å². The second-order valence-corrected chi connectivity index (χ2v) is 3.98. The van der Waals surface area contributed by atoms with Crippen molar-refractivity contribution in [1.29, 1.82) is 0 Å². The number of hydrogen-bond donors (Lipinski definition) is 0. The van der Waals surface area contributed by atoms with Crippen molar-refractivity contribution >= 4 is 6.21 Å². The zero-order valence-electron chi connectivity index (χ0n) is 8.81. The summed E-state index contributed by atoms with van der Waals surface area (Å²) in [4.78, 5) is 4.11. The minimum absolute atomic E-state index is 0.137. The lowest BCUT2D eigenvalue weighted by Gasteiger charge is -2.22. The molecule has 0 aromatic rings. The second kappa shape index (κ2) is 4.24. The van der Waals surface area contributed by atoms with E-state index in [4.69, 9.17) is 0 Å². The van der Waals surface area contributed by atoms with Gasteiger partial charge in [-0.1, -0.05) is 32.9 Å². The Bertz CT molecular complexity index is 214. The van der Waals surface area contributed by atoms with E-state index in [0.717, 1.165) is 5.57 Å². The molecule has 0 saturated carbocycles. The van der Waals surface area contributed by atoms with Crippen molar-refractivity contribution < 1.29 is 0 Å². The molecule has 0 N–H and O–H groups in total. The van der Waals surface area contributed by atoms with Crippen LogP contribution in [0.4, 0.5) is 0 Å². The van der Waals surface area contributed by atoms with E-state index in [1.165, 1.54) is 5.57 Å². The van der Waals surface area contributed by atoms with Crippen molar-refractivity contribution in [1.82, 2.24) is 0 Å². The Kier molecular flexibility index (Phi) is 3.94. The molecule has 0 rings (SSSR count). The van der Waals surface area contributed by atoms with Crippen LogP contribution < -0.4 is 0 Å². The summed E-state index contributed by atoms with van der Waals surface area (Å²) in [5.41, 5.74) is 2.44. The Morgan fingerprint density at radius 3 is 2.08 bits per heavy atom. The molecule has 1 nitrogen and oxygen atoms in total. The van der Waals surface area contributed by atoms with Crippen LogP contribution in [-0.2, 0) is 0 Å². The van der Waals surface area contributed by atoms with Crippen molar-refractivity contribution in [3.8, 4) is 0 Å². The van der Waals surface area contributed by atoms with Crippen molar-refractivity contribution in [2.24, 2.45) is 10.4 Å². The van der Waals surface area contributed by atoms with Crippen LogP contribution in [0.25, 0.3) is 0 Å². The van der Waals surface area contributed by atoms with Crippen LogP contribution in [0.3, 0.4) is 0 Å². The summed E-state index contributed by atoms with van der Waals surface area (Å²) in [7, 11) is 0. The minimum Gasteiger partial charge on any atom is -0.269 e. The van der Waals surface area contributed by atoms with Gasteiger partial charge < -0.3 is 0 Å². The Hall–Kier alpha value is -0.850. The second-order valence-electron chi connectivity index (χ2n) is 3.98. The van der Waals surface area contributed by atoms with E-state index in [9.17, 15) is 0 Å². The van der Waals surface area contributed by atoms with Crippen LogP contribution in [-0.4, -0.2) is 6.21 Å². The summed E-state index contributed by atoms with van der Waals surface area (Å²) in [5.74, 6) is 0. The normalized spacial score (nSPS) is 13.9. The third-order valence-electron chi connectivity index (χ3n) is 1.62. The van der Waals surface area contributed by atoms with E-state index in [2.05, 4.69) is 32.3 Å². The monoisotopic (exact) mass is 165 g/mol. The van der Waals surface area contributed by atoms with Crippen molar-refractivity contribution in [2.45, 2.75) is 34.6 Å². The number of allylic oxidation sites excluding steroid dienone is 2. The van der Waals surface area contributed by atoms with Crippen LogP contribution in [0.1, 0.15) is 34.6 Å². The standard InChI is InChI=1S/C11H19N/c1-7-12-8-10(9(2)3)11(4,5)6/h7-8H,2H2,1,3-6H3/b10-8+,12-7?. The zero-order chi connectivity index (χ0) is 9.78. The lowest BCUT2D eigenvalue weighted by molar-refractivity contribution is 0.509. The molecular weight excluding hydrogens is 146 g/mol. The fourth-order valence-electron chi connectivity index (χ4n) is 1.09. The molecule has 0 heterocycles. The molecule has 0 fully saturated rings. The Morgan fingerprint density at radius 2 is 1.83 bits per heavy atom. The molecule has 0 saturated heterocycles. The predicted molar refractivity (Wildman–Crippen MR) is 56.5 cm³/mol. The van der Waals surface area contributed by atoms with Crippen molar-refractivity contribution in [3.63, 3.8) is 0 Å². The van der Waals surface area contributed by atoms with Gasteiger partial charge in [0.1, 0.15) is 0 Å². The highest BCUT2D eigenvalue weighted by atomic mass is 14.7. The molecule has 0 atom stereocenters. The lowest BCUT2D eigenvalue weighted by atomic mass is 9.83. The highest BCUT2D eigenvalue weighted by Crippen LogP contribution is 2.29. The maximum atomic E-state index is 4.11. The van der Waals surface area contributed by atoms with Crippen LogP contribution in [0, 0.1) is 5.41 Å². The van der Waals surface area contributed by atoms with Gasteiger partial charge in [-0.2, -0.15) is 0 Å². The molecule has 12 heavy (non-hydrogen) atoms. The molecular formula is C11H19N. The maximum Gasteiger partial charge on any atom is 0.0303 e. The van der Waals surface area contributed by atoms with Gasteiger partial charge in [0.25, 0.3) is 0 Å². The molecule has 0 aliphatic heterocycles. The highest BCUT2D eigenvalue weighted by molar-refractivity contribution is 5.54. The summed E-state index contributed by atoms with van der Waals surface area (Å²) in [6, 6.07) is 0. The molecule has 0 bridgehead atoms. The van der Waals surface area contributed by atoms with E-state index in [0.29, 0.717) is 0 Å². The van der Waals surface area contributed by atoms with Gasteiger partial charge in [0, 0.05) is 12.4 Å². The molecule has 0 radical (unpaired) electrons. The number of hydrogen-bond acceptors (Lipinski definition) is 1. The third-order valence-corrected chi connectivity index (χ3v) is 1.62. The number of nitrogens with zero attached hydrogens (tertiary/aromatic N) is 1. The maximum absolute atomic E-state index is 4.11. The van der Waals surface area contributed by atoms with E-state index < -0.39 is 0 Å². The van der Waals surface area contributed by atoms with Gasteiger partial charge in [0.15, 0.2) is 0 Å². The molecule has 1 heteroatoms. The smallest absolute Gasteiger partial charge is 0.0303 e. The Labute approximate surface area is 75.9 Å². The van der Waals surface area contributed by atoms with Gasteiger partial charge >= 0.3 is 0 Å². The Balaban J connectivity index is 4.80. The summed E-state index contributed by atoms with van der Waals surface area (Å²) in [6.07, 6.45) is 3.68. The molecule has 0 aromatic heterocycles. The Morgan fingerprint density at radius 1 is 1.33 bits per heavy atom. The van der Waals surface area contributed by atoms with Gasteiger partial charge in [0.2, 0.25) is 0 Å². The lowest BCUT2D eigenvalue weighted by Crippen LogP contribution is -2.09. The van der Waals surface area contributed by atoms with Gasteiger partial charge in [-0.15, -0.1) is 0 Å². The van der Waals surface area contributed by atoms with Gasteiger partial charge in [-0.05, 0) is 24.8 Å². The molecule has 0 spiro atoms.